The zero-order valence-electron chi connectivity index (χ0n) is 17.6. The summed E-state index contributed by atoms with van der Waals surface area (Å²) in [7, 11) is 0. The number of aromatic nitrogens is 2. The monoisotopic (exact) mass is 418 g/mol. The van der Waals surface area contributed by atoms with Crippen LogP contribution in [0.5, 0.6) is 0 Å². The number of carbonyl (C=O) groups is 1. The number of para-hydroxylation sites is 1. The maximum Gasteiger partial charge on any atom is 0.256 e. The molecule has 1 atom stereocenters. The van der Waals surface area contributed by atoms with Gasteiger partial charge in [0.05, 0.1) is 11.1 Å². The van der Waals surface area contributed by atoms with E-state index >= 15 is 0 Å². The Morgan fingerprint density at radius 2 is 1.74 bits per heavy atom. The van der Waals surface area contributed by atoms with Gasteiger partial charge in [-0.3, -0.25) is 14.8 Å². The second kappa shape index (κ2) is 8.71. The van der Waals surface area contributed by atoms with Gasteiger partial charge >= 0.3 is 0 Å². The minimum atomic E-state index is -0.169. The smallest absolute Gasteiger partial charge is 0.256 e. The minimum Gasteiger partial charge on any atom is -0.338 e. The van der Waals surface area contributed by atoms with Crippen molar-refractivity contribution in [2.75, 3.05) is 32.7 Å². The molecule has 0 bridgehead atoms. The number of rotatable bonds is 4. The van der Waals surface area contributed by atoms with Crippen LogP contribution in [0.15, 0.2) is 54.9 Å². The summed E-state index contributed by atoms with van der Waals surface area (Å²) >= 11 is 0. The van der Waals surface area contributed by atoms with E-state index in [9.17, 15) is 9.18 Å². The van der Waals surface area contributed by atoms with E-state index in [4.69, 9.17) is 0 Å². The molecule has 2 aliphatic heterocycles. The van der Waals surface area contributed by atoms with Crippen molar-refractivity contribution in [1.82, 2.24) is 19.8 Å². The van der Waals surface area contributed by atoms with Crippen molar-refractivity contribution in [3.63, 3.8) is 0 Å². The van der Waals surface area contributed by atoms with Gasteiger partial charge in [-0.15, -0.1) is 0 Å². The van der Waals surface area contributed by atoms with Crippen molar-refractivity contribution >= 4 is 16.9 Å². The third-order valence-electron chi connectivity index (χ3n) is 6.75. The molecule has 1 aromatic heterocycles. The quantitative estimate of drug-likeness (QED) is 0.640. The van der Waals surface area contributed by atoms with Crippen LogP contribution in [0.1, 0.15) is 41.1 Å². The van der Waals surface area contributed by atoms with Gasteiger partial charge in [-0.25, -0.2) is 4.39 Å². The number of likely N-dealkylation sites (tertiary alicyclic amines) is 2. The Kier molecular flexibility index (Phi) is 5.64. The van der Waals surface area contributed by atoms with E-state index in [1.165, 1.54) is 5.56 Å². The number of halogens is 1. The Bertz CT molecular complexity index is 1060. The first kappa shape index (κ1) is 20.1. The Hall–Kier alpha value is -2.86. The first-order valence-electron chi connectivity index (χ1n) is 11.1. The first-order chi connectivity index (χ1) is 15.2. The molecule has 0 unspecified atom stereocenters. The molecule has 3 heterocycles. The van der Waals surface area contributed by atoms with Gasteiger partial charge in [0, 0.05) is 32.0 Å². The largest absolute Gasteiger partial charge is 0.338 e. The maximum atomic E-state index is 13.2. The SMILES string of the molecule is O=C(c1cccc2nccnc12)N1CC[C@H](CN2CCC(c3ccc(F)cc3)CC2)C1. The van der Waals surface area contributed by atoms with Crippen LogP contribution in [0.4, 0.5) is 4.39 Å². The van der Waals surface area contributed by atoms with Crippen LogP contribution in [-0.4, -0.2) is 58.4 Å². The van der Waals surface area contributed by atoms with Crippen LogP contribution in [0, 0.1) is 11.7 Å². The zero-order chi connectivity index (χ0) is 21.2. The van der Waals surface area contributed by atoms with Gasteiger partial charge in [0.2, 0.25) is 0 Å². The Balaban J connectivity index is 1.16. The molecule has 0 radical (unpaired) electrons. The van der Waals surface area contributed by atoms with Crippen molar-refractivity contribution in [2.24, 2.45) is 5.92 Å². The summed E-state index contributed by atoms with van der Waals surface area (Å²) in [5.41, 5.74) is 3.33. The predicted molar refractivity (Wildman–Crippen MR) is 118 cm³/mol. The van der Waals surface area contributed by atoms with Gasteiger partial charge in [-0.1, -0.05) is 18.2 Å². The summed E-state index contributed by atoms with van der Waals surface area (Å²) in [6.07, 6.45) is 6.55. The molecular formula is C25H27FN4O. The highest BCUT2D eigenvalue weighted by Crippen LogP contribution is 2.30. The zero-order valence-corrected chi connectivity index (χ0v) is 17.6. The van der Waals surface area contributed by atoms with Crippen molar-refractivity contribution in [1.29, 1.82) is 0 Å². The average Bonchev–Trinajstić information content (AvgIpc) is 3.28. The lowest BCUT2D eigenvalue weighted by molar-refractivity contribution is 0.0783. The van der Waals surface area contributed by atoms with Crippen LogP contribution in [0.2, 0.25) is 0 Å². The van der Waals surface area contributed by atoms with Gasteiger partial charge in [0.1, 0.15) is 11.3 Å². The Labute approximate surface area is 181 Å². The highest BCUT2D eigenvalue weighted by atomic mass is 19.1. The third-order valence-corrected chi connectivity index (χ3v) is 6.75. The molecule has 0 spiro atoms. The fourth-order valence-corrected chi connectivity index (χ4v) is 5.05. The lowest BCUT2D eigenvalue weighted by atomic mass is 9.89. The molecule has 0 aliphatic carbocycles. The number of hydrogen-bond donors (Lipinski definition) is 0. The summed E-state index contributed by atoms with van der Waals surface area (Å²) in [5.74, 6) is 0.916. The van der Waals surface area contributed by atoms with Crippen molar-refractivity contribution in [3.05, 3.63) is 71.8 Å². The molecule has 3 aromatic rings. The van der Waals surface area contributed by atoms with Crippen molar-refractivity contribution in [2.45, 2.75) is 25.2 Å². The molecule has 2 fully saturated rings. The molecule has 6 heteroatoms. The average molecular weight is 419 g/mol. The molecule has 31 heavy (non-hydrogen) atoms. The van der Waals surface area contributed by atoms with Crippen LogP contribution < -0.4 is 0 Å². The normalized spacial score (nSPS) is 20.4. The topological polar surface area (TPSA) is 49.3 Å². The highest BCUT2D eigenvalue weighted by Gasteiger charge is 2.30. The fraction of sp³-hybridized carbons (Fsp3) is 0.400. The molecular weight excluding hydrogens is 391 g/mol. The van der Waals surface area contributed by atoms with E-state index in [0.29, 0.717) is 22.9 Å². The first-order valence-corrected chi connectivity index (χ1v) is 11.1. The van der Waals surface area contributed by atoms with Crippen LogP contribution in [0.25, 0.3) is 11.0 Å². The maximum absolute atomic E-state index is 13.2. The molecule has 2 aliphatic rings. The van der Waals surface area contributed by atoms with Crippen molar-refractivity contribution < 1.29 is 9.18 Å². The number of carbonyl (C=O) groups excluding carboxylic acids is 1. The number of piperidine rings is 1. The third kappa shape index (κ3) is 4.30. The number of benzene rings is 2. The lowest BCUT2D eigenvalue weighted by Gasteiger charge is -2.33. The molecule has 1 amide bonds. The van der Waals surface area contributed by atoms with Gasteiger partial charge < -0.3 is 9.80 Å². The molecule has 0 N–H and O–H groups in total. The number of fused-ring (bicyclic) bond motifs is 1. The van der Waals surface area contributed by atoms with Gasteiger partial charge in [0.25, 0.3) is 5.91 Å². The van der Waals surface area contributed by atoms with E-state index in [1.54, 1.807) is 24.5 Å². The highest BCUT2D eigenvalue weighted by molar-refractivity contribution is 6.04. The molecule has 2 saturated heterocycles. The summed E-state index contributed by atoms with van der Waals surface area (Å²) in [5, 5.41) is 0. The molecule has 5 rings (SSSR count). The van der Waals surface area contributed by atoms with Crippen LogP contribution in [0.3, 0.4) is 0 Å². The van der Waals surface area contributed by atoms with E-state index in [0.717, 1.165) is 57.5 Å². The summed E-state index contributed by atoms with van der Waals surface area (Å²) in [6, 6.07) is 12.6. The lowest BCUT2D eigenvalue weighted by Crippen LogP contribution is -2.37. The Morgan fingerprint density at radius 3 is 2.55 bits per heavy atom. The summed E-state index contributed by atoms with van der Waals surface area (Å²) < 4.78 is 13.2. The van der Waals surface area contributed by atoms with Gasteiger partial charge in [-0.05, 0) is 74.0 Å². The van der Waals surface area contributed by atoms with E-state index in [2.05, 4.69) is 14.9 Å². The van der Waals surface area contributed by atoms with E-state index in [-0.39, 0.29) is 11.7 Å². The minimum absolute atomic E-state index is 0.0589. The number of hydrogen-bond acceptors (Lipinski definition) is 4. The molecule has 160 valence electrons. The second-order valence-electron chi connectivity index (χ2n) is 8.76. The number of amides is 1. The Morgan fingerprint density at radius 1 is 0.968 bits per heavy atom. The molecule has 2 aromatic carbocycles. The molecule has 5 nitrogen and oxygen atoms in total. The summed E-state index contributed by atoms with van der Waals surface area (Å²) in [4.78, 5) is 26.3. The standard InChI is InChI=1S/C25H27FN4O/c26-21-6-4-19(5-7-21)20-9-13-29(14-10-20)16-18-8-15-30(17-18)25(31)22-2-1-3-23-24(22)28-12-11-27-23/h1-7,11-12,18,20H,8-10,13-17H2/t18-/m1/s1. The van der Waals surface area contributed by atoms with E-state index in [1.807, 2.05) is 35.2 Å². The van der Waals surface area contributed by atoms with Gasteiger partial charge in [-0.2, -0.15) is 0 Å². The van der Waals surface area contributed by atoms with Crippen LogP contribution >= 0.6 is 0 Å². The molecule has 0 saturated carbocycles. The van der Waals surface area contributed by atoms with Crippen LogP contribution in [-0.2, 0) is 0 Å². The van der Waals surface area contributed by atoms with Gasteiger partial charge in [0.15, 0.2) is 0 Å². The summed E-state index contributed by atoms with van der Waals surface area (Å²) in [6.45, 7) is 4.76. The van der Waals surface area contributed by atoms with E-state index < -0.39 is 0 Å². The van der Waals surface area contributed by atoms with Crippen molar-refractivity contribution in [3.8, 4) is 0 Å². The predicted octanol–water partition coefficient (Wildman–Crippen LogP) is 4.11. The number of nitrogens with zero attached hydrogens (tertiary/aromatic N) is 4. The second-order valence-corrected chi connectivity index (χ2v) is 8.76. The fourth-order valence-electron chi connectivity index (χ4n) is 5.05.